The van der Waals surface area contributed by atoms with E-state index < -0.39 is 23.1 Å². The molecule has 0 saturated heterocycles. The second kappa shape index (κ2) is 13.3. The predicted octanol–water partition coefficient (Wildman–Crippen LogP) is 6.01. The molecular formula is C32H34N4O7. The summed E-state index contributed by atoms with van der Waals surface area (Å²) in [5.74, 6) is 0.305. The van der Waals surface area contributed by atoms with Gasteiger partial charge in [-0.2, -0.15) is 9.78 Å². The summed E-state index contributed by atoms with van der Waals surface area (Å²) in [5, 5.41) is 16.6. The Bertz CT molecular complexity index is 1760. The number of hydrogen-bond donors (Lipinski definition) is 0. The summed E-state index contributed by atoms with van der Waals surface area (Å²) in [6.07, 6.45) is 0.904. The summed E-state index contributed by atoms with van der Waals surface area (Å²) in [6.45, 7) is 11.3. The van der Waals surface area contributed by atoms with Crippen LogP contribution in [-0.2, 0) is 9.53 Å². The second-order valence-corrected chi connectivity index (χ2v) is 10.4. The number of esters is 1. The molecule has 224 valence electrons. The van der Waals surface area contributed by atoms with E-state index in [1.165, 1.54) is 29.1 Å². The second-order valence-electron chi connectivity index (χ2n) is 10.4. The van der Waals surface area contributed by atoms with Gasteiger partial charge in [-0.1, -0.05) is 32.0 Å². The lowest BCUT2D eigenvalue weighted by Crippen LogP contribution is -2.21. The van der Waals surface area contributed by atoms with Gasteiger partial charge < -0.3 is 14.2 Å². The van der Waals surface area contributed by atoms with E-state index in [0.29, 0.717) is 23.1 Å². The van der Waals surface area contributed by atoms with Crippen molar-refractivity contribution in [3.63, 3.8) is 0 Å². The minimum absolute atomic E-state index is 0.122. The van der Waals surface area contributed by atoms with E-state index in [0.717, 1.165) is 16.9 Å². The minimum atomic E-state index is -0.680. The van der Waals surface area contributed by atoms with Gasteiger partial charge in [0.2, 0.25) is 5.75 Å². The van der Waals surface area contributed by atoms with Gasteiger partial charge in [-0.05, 0) is 75.1 Å². The van der Waals surface area contributed by atoms with Crippen LogP contribution >= 0.6 is 0 Å². The number of aromatic nitrogens is 2. The van der Waals surface area contributed by atoms with Gasteiger partial charge in [0.25, 0.3) is 5.56 Å². The zero-order chi connectivity index (χ0) is 31.3. The Morgan fingerprint density at radius 3 is 2.51 bits per heavy atom. The molecule has 0 bridgehead atoms. The molecule has 4 aromatic rings. The van der Waals surface area contributed by atoms with E-state index in [2.05, 4.69) is 18.9 Å². The molecule has 1 aromatic heterocycles. The molecule has 0 saturated carbocycles. The number of fused-ring (bicyclic) bond motifs is 1. The molecule has 0 aliphatic heterocycles. The first-order chi connectivity index (χ1) is 20.5. The Kier molecular flexibility index (Phi) is 9.54. The number of benzene rings is 3. The van der Waals surface area contributed by atoms with Crippen molar-refractivity contribution in [2.24, 2.45) is 5.10 Å². The number of para-hydroxylation sites is 2. The van der Waals surface area contributed by atoms with Crippen molar-refractivity contribution in [3.8, 4) is 22.9 Å². The van der Waals surface area contributed by atoms with Crippen LogP contribution in [0.1, 0.15) is 57.2 Å². The van der Waals surface area contributed by atoms with Crippen LogP contribution in [0.2, 0.25) is 0 Å². The van der Waals surface area contributed by atoms with Crippen LogP contribution in [0, 0.1) is 17.0 Å². The third kappa shape index (κ3) is 6.88. The number of carbonyl (C=O) groups excluding carboxylic acids is 1. The highest BCUT2D eigenvalue weighted by molar-refractivity contribution is 5.87. The highest BCUT2D eigenvalue weighted by Crippen LogP contribution is 2.35. The Hall–Kier alpha value is -5.06. The van der Waals surface area contributed by atoms with Gasteiger partial charge in [0, 0.05) is 17.2 Å². The molecule has 1 heterocycles. The first-order valence-corrected chi connectivity index (χ1v) is 13.9. The maximum atomic E-state index is 13.8. The van der Waals surface area contributed by atoms with Crippen molar-refractivity contribution in [2.75, 3.05) is 13.2 Å². The Labute approximate surface area is 248 Å². The smallest absolute Gasteiger partial charge is 0.344 e. The minimum Gasteiger partial charge on any atom is -0.494 e. The van der Waals surface area contributed by atoms with Crippen LogP contribution in [0.25, 0.3) is 22.3 Å². The number of ether oxygens (including phenoxy) is 3. The summed E-state index contributed by atoms with van der Waals surface area (Å²) in [5.41, 5.74) is 2.34. The van der Waals surface area contributed by atoms with Crippen LogP contribution in [0.4, 0.5) is 5.69 Å². The maximum Gasteiger partial charge on any atom is 0.344 e. The molecule has 0 spiro atoms. The Morgan fingerprint density at radius 2 is 1.84 bits per heavy atom. The molecule has 0 amide bonds. The van der Waals surface area contributed by atoms with Crippen molar-refractivity contribution in [2.45, 2.75) is 53.6 Å². The standard InChI is InChI=1S/C32H34N4O7/c1-7-41-28-15-21(6)25(16-24(28)19(2)3)31-34-26-13-9-8-12-23(26)32(38)35(31)33-17-22-11-10-14-27(36(39)40)30(22)42-18-29(37)43-20(4)5/h8-17,19-20H,7,18H2,1-6H3. The predicted molar refractivity (Wildman–Crippen MR) is 164 cm³/mol. The first-order valence-electron chi connectivity index (χ1n) is 13.9. The van der Waals surface area contributed by atoms with Gasteiger partial charge in [0.15, 0.2) is 12.4 Å². The van der Waals surface area contributed by atoms with Gasteiger partial charge in [0.05, 0.1) is 34.8 Å². The van der Waals surface area contributed by atoms with Crippen LogP contribution in [0.3, 0.4) is 0 Å². The molecule has 3 aromatic carbocycles. The van der Waals surface area contributed by atoms with E-state index in [-0.39, 0.29) is 34.8 Å². The summed E-state index contributed by atoms with van der Waals surface area (Å²) in [6, 6.07) is 15.1. The Morgan fingerprint density at radius 1 is 1.09 bits per heavy atom. The summed E-state index contributed by atoms with van der Waals surface area (Å²) in [7, 11) is 0. The maximum absolute atomic E-state index is 13.8. The van der Waals surface area contributed by atoms with Crippen LogP contribution in [-0.4, -0.2) is 46.1 Å². The third-order valence-corrected chi connectivity index (χ3v) is 6.51. The lowest BCUT2D eigenvalue weighted by Gasteiger charge is -2.18. The number of rotatable bonds is 11. The topological polar surface area (TPSA) is 135 Å². The lowest BCUT2D eigenvalue weighted by atomic mass is 9.96. The first kappa shape index (κ1) is 30.9. The SMILES string of the molecule is CCOc1cc(C)c(-c2nc3ccccc3c(=O)n2N=Cc2cccc([N+](=O)[O-])c2OCC(=O)OC(C)C)cc1C(C)C. The quantitative estimate of drug-likeness (QED) is 0.0902. The Balaban J connectivity index is 1.90. The number of nitrogens with zero attached hydrogens (tertiary/aromatic N) is 4. The van der Waals surface area contributed by atoms with Gasteiger partial charge in [-0.25, -0.2) is 9.78 Å². The van der Waals surface area contributed by atoms with Gasteiger partial charge in [-0.15, -0.1) is 0 Å². The van der Waals surface area contributed by atoms with Crippen LogP contribution in [0.5, 0.6) is 11.5 Å². The summed E-state index contributed by atoms with van der Waals surface area (Å²) in [4.78, 5) is 41.9. The monoisotopic (exact) mass is 586 g/mol. The van der Waals surface area contributed by atoms with E-state index in [1.807, 2.05) is 26.0 Å². The van der Waals surface area contributed by atoms with Crippen molar-refractivity contribution < 1.29 is 23.9 Å². The average Bonchev–Trinajstić information content (AvgIpc) is 2.95. The lowest BCUT2D eigenvalue weighted by molar-refractivity contribution is -0.385. The van der Waals surface area contributed by atoms with Gasteiger partial charge >= 0.3 is 11.7 Å². The van der Waals surface area contributed by atoms with Crippen LogP contribution in [0.15, 0.2) is 64.5 Å². The molecule has 0 fully saturated rings. The highest BCUT2D eigenvalue weighted by atomic mass is 16.6. The number of nitro benzene ring substituents is 1. The highest BCUT2D eigenvalue weighted by Gasteiger charge is 2.22. The molecular weight excluding hydrogens is 552 g/mol. The normalized spacial score (nSPS) is 11.4. The molecule has 0 radical (unpaired) electrons. The largest absolute Gasteiger partial charge is 0.494 e. The molecule has 0 aliphatic carbocycles. The molecule has 0 N–H and O–H groups in total. The third-order valence-electron chi connectivity index (χ3n) is 6.51. The molecule has 0 unspecified atom stereocenters. The zero-order valence-electron chi connectivity index (χ0n) is 25.0. The van der Waals surface area contributed by atoms with Crippen molar-refractivity contribution in [3.05, 3.63) is 91.8 Å². The molecule has 4 rings (SSSR count). The fourth-order valence-electron chi connectivity index (χ4n) is 4.57. The van der Waals surface area contributed by atoms with E-state index >= 15 is 0 Å². The zero-order valence-corrected chi connectivity index (χ0v) is 25.0. The molecule has 43 heavy (non-hydrogen) atoms. The van der Waals surface area contributed by atoms with E-state index in [9.17, 15) is 19.7 Å². The average molecular weight is 587 g/mol. The molecule has 11 nitrogen and oxygen atoms in total. The summed E-state index contributed by atoms with van der Waals surface area (Å²) < 4.78 is 17.7. The van der Waals surface area contributed by atoms with Gasteiger partial charge in [-0.3, -0.25) is 14.9 Å². The number of aryl methyl sites for hydroxylation is 1. The van der Waals surface area contributed by atoms with Crippen molar-refractivity contribution >= 4 is 28.8 Å². The molecule has 0 aliphatic rings. The molecule has 0 atom stereocenters. The number of hydrogen-bond acceptors (Lipinski definition) is 9. The molecule has 11 heteroatoms. The van der Waals surface area contributed by atoms with Gasteiger partial charge in [0.1, 0.15) is 5.75 Å². The van der Waals surface area contributed by atoms with Crippen molar-refractivity contribution in [1.29, 1.82) is 0 Å². The summed E-state index contributed by atoms with van der Waals surface area (Å²) >= 11 is 0. The van der Waals surface area contributed by atoms with E-state index in [1.54, 1.807) is 38.1 Å². The van der Waals surface area contributed by atoms with Crippen molar-refractivity contribution in [1.82, 2.24) is 9.66 Å². The number of nitro groups is 1. The van der Waals surface area contributed by atoms with E-state index in [4.69, 9.17) is 19.2 Å². The number of carbonyl (C=O) groups is 1. The fraction of sp³-hybridized carbons (Fsp3) is 0.312. The fourth-order valence-corrected chi connectivity index (χ4v) is 4.57. The van der Waals surface area contributed by atoms with Crippen LogP contribution < -0.4 is 15.0 Å².